The molecule has 24 N–H and O–H groups in total. The van der Waals surface area contributed by atoms with Crippen LogP contribution in [0.1, 0.15) is 62.1 Å². The fraction of sp³-hybridized carbons (Fsp3) is 0.104. The first-order chi connectivity index (χ1) is 36.4. The van der Waals surface area contributed by atoms with E-state index in [4.69, 9.17) is 20.4 Å². The highest BCUT2D eigenvalue weighted by molar-refractivity contribution is 6.52. The minimum atomic E-state index is -5.72. The molecule has 0 amide bonds. The van der Waals surface area contributed by atoms with Crippen LogP contribution < -0.4 is 0 Å². The molecule has 6 aromatic rings. The number of rotatable bonds is 16. The normalized spacial score (nSPS) is 14.1. The number of aliphatic hydroxyl groups excluding tert-OH is 2. The van der Waals surface area contributed by atoms with Gasteiger partial charge in [0.2, 0.25) is 40.1 Å². The molecule has 0 saturated heterocycles. The van der Waals surface area contributed by atoms with Crippen LogP contribution in [0.5, 0.6) is 103 Å². The number of carbonyl (C=O) groups excluding carboxylic acids is 6. The lowest BCUT2D eigenvalue weighted by molar-refractivity contribution is -0.217. The maximum absolute atomic E-state index is 15.1. The molecule has 0 aliphatic rings. The first-order valence-corrected chi connectivity index (χ1v) is 21.0. The molecule has 0 aliphatic carbocycles. The van der Waals surface area contributed by atoms with Gasteiger partial charge in [-0.3, -0.25) is 28.8 Å². The topological polar surface area (TPSA) is 605 Å². The molecular formula is C48H38O31. The number of hydrogen-bond acceptors (Lipinski definition) is 30. The molecule has 0 saturated carbocycles. The van der Waals surface area contributed by atoms with Gasteiger partial charge in [-0.25, -0.2) is 4.79 Å². The quantitative estimate of drug-likeness (QED) is 0.0238. The Balaban J connectivity index is 0.000000843. The lowest BCUT2D eigenvalue weighted by Gasteiger charge is -2.50. The molecule has 0 aromatic heterocycles. The van der Waals surface area contributed by atoms with Gasteiger partial charge in [-0.15, -0.1) is 0 Å². The zero-order valence-corrected chi connectivity index (χ0v) is 38.7. The van der Waals surface area contributed by atoms with Crippen molar-refractivity contribution in [2.45, 2.75) is 29.0 Å². The van der Waals surface area contributed by atoms with Crippen LogP contribution in [0.4, 0.5) is 0 Å². The molecular weight excluding hydrogens is 1070 g/mol. The number of carboxylic acid groups (broad SMARTS) is 1. The second-order valence-corrected chi connectivity index (χ2v) is 16.6. The fourth-order valence-electron chi connectivity index (χ4n) is 7.45. The molecule has 31 nitrogen and oxygen atoms in total. The van der Waals surface area contributed by atoms with E-state index in [1.807, 2.05) is 0 Å². The van der Waals surface area contributed by atoms with E-state index in [1.165, 1.54) is 0 Å². The summed E-state index contributed by atoms with van der Waals surface area (Å²) in [5, 5.41) is 249. The smallest absolute Gasteiger partial charge is 0.335 e. The molecule has 5 unspecified atom stereocenters. The lowest BCUT2D eigenvalue weighted by Crippen LogP contribution is -2.83. The van der Waals surface area contributed by atoms with Crippen LogP contribution in [0, 0.1) is 0 Å². The third-order valence-electron chi connectivity index (χ3n) is 11.6. The largest absolute Gasteiger partial charge is 0.504 e. The second-order valence-electron chi connectivity index (χ2n) is 16.6. The Morgan fingerprint density at radius 2 is 0.570 bits per heavy atom. The van der Waals surface area contributed by atoms with E-state index in [0.717, 1.165) is 12.1 Å². The molecule has 5 atom stereocenters. The summed E-state index contributed by atoms with van der Waals surface area (Å²) in [6.45, 7) is 0. The van der Waals surface area contributed by atoms with E-state index < -0.39 is 201 Å². The van der Waals surface area contributed by atoms with Gasteiger partial charge in [-0.1, -0.05) is 0 Å². The van der Waals surface area contributed by atoms with E-state index in [9.17, 15) is 131 Å². The third-order valence-corrected chi connectivity index (χ3v) is 11.6. The minimum absolute atomic E-state index is 0.00305. The Morgan fingerprint density at radius 1 is 0.329 bits per heavy atom. The van der Waals surface area contributed by atoms with Crippen LogP contribution in [0.2, 0.25) is 0 Å². The van der Waals surface area contributed by atoms with Gasteiger partial charge < -0.3 is 123 Å². The molecule has 79 heavy (non-hydrogen) atoms. The van der Waals surface area contributed by atoms with Crippen LogP contribution in [-0.4, -0.2) is 192 Å². The average molecular weight is 1110 g/mol. The van der Waals surface area contributed by atoms with E-state index in [2.05, 4.69) is 0 Å². The Hall–Kier alpha value is -11.0. The zero-order chi connectivity index (χ0) is 60.0. The van der Waals surface area contributed by atoms with Crippen LogP contribution in [0.15, 0.2) is 72.8 Å². The number of phenolic OH excluding ortho intramolecular Hbond substituents is 18. The van der Waals surface area contributed by atoms with Gasteiger partial charge in [0.1, 0.15) is 12.2 Å². The molecule has 0 spiro atoms. The van der Waals surface area contributed by atoms with E-state index in [1.54, 1.807) is 0 Å². The van der Waals surface area contributed by atoms with Crippen LogP contribution >= 0.6 is 0 Å². The summed E-state index contributed by atoms with van der Waals surface area (Å²) in [5.41, 5.74) is -24.7. The number of aliphatic hydroxyl groups is 5. The highest BCUT2D eigenvalue weighted by Gasteiger charge is 2.78. The zero-order valence-electron chi connectivity index (χ0n) is 38.7. The van der Waals surface area contributed by atoms with Gasteiger partial charge in [-0.05, 0) is 72.8 Å². The highest BCUT2D eigenvalue weighted by atomic mass is 16.4. The molecule has 31 heteroatoms. The first-order valence-electron chi connectivity index (χ1n) is 21.0. The fourth-order valence-corrected chi connectivity index (χ4v) is 7.45. The van der Waals surface area contributed by atoms with Crippen molar-refractivity contribution in [2.75, 3.05) is 0 Å². The molecule has 6 rings (SSSR count). The number of ketones is 6. The van der Waals surface area contributed by atoms with Crippen molar-refractivity contribution in [3.63, 3.8) is 0 Å². The Bertz CT molecular complexity index is 3450. The monoisotopic (exact) mass is 1110 g/mol. The number of benzene rings is 6. The molecule has 416 valence electrons. The third kappa shape index (κ3) is 9.91. The van der Waals surface area contributed by atoms with Crippen LogP contribution in [0.25, 0.3) is 0 Å². The van der Waals surface area contributed by atoms with Crippen molar-refractivity contribution in [1.82, 2.24) is 0 Å². The SMILES string of the molecule is O=C(C(=O)C(O)(C(=O)c1cc(O)c(O)c(O)c1)C(O)(C(=O)c1cc(O)c(O)c(O)c1)C(O)(C(=O)c1cc(O)c(O)c(O)c1)C(O)C(O)C(=O)c1cc(O)c(O)c(O)c1)c1cc(O)c(O)c(O)c1.O=C(O)c1cc(O)c(O)c(O)c1. The van der Waals surface area contributed by atoms with Gasteiger partial charge in [0.15, 0.2) is 115 Å². The highest BCUT2D eigenvalue weighted by Crippen LogP contribution is 2.49. The van der Waals surface area contributed by atoms with Gasteiger partial charge >= 0.3 is 5.97 Å². The molecule has 0 heterocycles. The average Bonchev–Trinajstić information content (AvgIpc) is 3.39. The molecule has 0 radical (unpaired) electrons. The summed E-state index contributed by atoms with van der Waals surface area (Å²) in [6, 6.07) is 2.31. The summed E-state index contributed by atoms with van der Waals surface area (Å²) in [5.74, 6) is -42.0. The maximum Gasteiger partial charge on any atom is 0.335 e. The summed E-state index contributed by atoms with van der Waals surface area (Å²) < 4.78 is 0. The van der Waals surface area contributed by atoms with Crippen molar-refractivity contribution < 1.29 is 156 Å². The summed E-state index contributed by atoms with van der Waals surface area (Å²) in [7, 11) is 0. The number of aromatic hydroxyl groups is 18. The Labute approximate surface area is 434 Å². The second kappa shape index (κ2) is 21.0. The molecule has 6 aromatic carbocycles. The first kappa shape index (κ1) is 58.9. The number of phenols is 18. The standard InChI is InChI=1S/C41H32O26.C7H6O5/c42-16-1-11(2-17(43)28(16)54)26(52)33(59)38(64)40(66,35(61)14-7-22(48)31(57)23(49)8-14)41(67,36(62)15-9-24(50)32(58)25(51)10-15)39(65,34(60)13-5-20(46)30(56)21(47)6-13)37(63)27(53)12-3-18(44)29(55)19(45)4-12;8-4-1-3(7(11)12)2-5(9)6(4)10/h1-10,33,38,42-51,54-59,64-67H;1-2,8-10H,(H,11,12). The number of hydrogen-bond donors (Lipinski definition) is 24. The number of carbonyl (C=O) groups is 7. The summed E-state index contributed by atoms with van der Waals surface area (Å²) in [4.78, 5) is 98.0. The van der Waals surface area contributed by atoms with Crippen LogP contribution in [0.3, 0.4) is 0 Å². The molecule has 0 aliphatic heterocycles. The number of carboxylic acids is 1. The number of Topliss-reactive ketones (excluding diaryl/α,β-unsaturated/α-hetero) is 6. The van der Waals surface area contributed by atoms with Crippen molar-refractivity contribution in [3.05, 3.63) is 106 Å². The van der Waals surface area contributed by atoms with E-state index in [-0.39, 0.29) is 66.2 Å². The van der Waals surface area contributed by atoms with E-state index in [0.29, 0.717) is 0 Å². The van der Waals surface area contributed by atoms with Gasteiger partial charge in [-0.2, -0.15) is 0 Å². The predicted molar refractivity (Wildman–Crippen MR) is 249 cm³/mol. The molecule has 0 bridgehead atoms. The van der Waals surface area contributed by atoms with Crippen molar-refractivity contribution in [1.29, 1.82) is 0 Å². The number of aromatic carboxylic acids is 1. The van der Waals surface area contributed by atoms with Gasteiger partial charge in [0, 0.05) is 27.8 Å². The van der Waals surface area contributed by atoms with Crippen molar-refractivity contribution >= 4 is 40.7 Å². The maximum atomic E-state index is 15.1. The van der Waals surface area contributed by atoms with E-state index >= 15 is 4.79 Å². The Kier molecular flexibility index (Phi) is 15.6. The minimum Gasteiger partial charge on any atom is -0.504 e. The predicted octanol–water partition coefficient (Wildman–Crippen LogP) is -1.03. The summed E-state index contributed by atoms with van der Waals surface area (Å²) in [6.07, 6.45) is -7.92. The van der Waals surface area contributed by atoms with Crippen molar-refractivity contribution in [2.24, 2.45) is 0 Å². The molecule has 0 fully saturated rings. The lowest BCUT2D eigenvalue weighted by atomic mass is 9.57. The van der Waals surface area contributed by atoms with Gasteiger partial charge in [0.05, 0.1) is 5.56 Å². The van der Waals surface area contributed by atoms with Crippen LogP contribution in [-0.2, 0) is 4.79 Å². The summed E-state index contributed by atoms with van der Waals surface area (Å²) >= 11 is 0. The van der Waals surface area contributed by atoms with Gasteiger partial charge in [0.25, 0.3) is 0 Å². The van der Waals surface area contributed by atoms with Crippen molar-refractivity contribution in [3.8, 4) is 103 Å². The Morgan fingerprint density at radius 3 is 0.861 bits per heavy atom.